The van der Waals surface area contributed by atoms with Crippen molar-refractivity contribution in [3.63, 3.8) is 0 Å². The molecule has 1 aromatic rings. The van der Waals surface area contributed by atoms with E-state index in [2.05, 4.69) is 12.6 Å². The van der Waals surface area contributed by atoms with E-state index in [1.54, 1.807) is 24.3 Å². The predicted molar refractivity (Wildman–Crippen MR) is 42.2 cm³/mol. The summed E-state index contributed by atoms with van der Waals surface area (Å²) in [5, 5.41) is 0. The van der Waals surface area contributed by atoms with Crippen molar-refractivity contribution in [2.45, 2.75) is 4.90 Å². The van der Waals surface area contributed by atoms with E-state index in [0.717, 1.165) is 0 Å². The average molecular weight is 219 g/mol. The molecule has 0 saturated heterocycles. The number of nitrogens with two attached hydrogens (primary N) is 1. The zero-order valence-corrected chi connectivity index (χ0v) is 9.81. The smallest absolute Gasteiger partial charge is 0.249 e. The summed E-state index contributed by atoms with van der Waals surface area (Å²) in [6.45, 7) is 0. The molecule has 1 amide bonds. The molecule has 0 radical (unpaired) electrons. The molecule has 0 aliphatic heterocycles. The molecule has 2 nitrogen and oxygen atoms in total. The molecule has 2 N–H and O–H groups in total. The summed E-state index contributed by atoms with van der Waals surface area (Å²) < 4.78 is 0. The molecular weight excluding hydrogens is 212 g/mol. The van der Waals surface area contributed by atoms with E-state index >= 15 is 0 Å². The van der Waals surface area contributed by atoms with Crippen LogP contribution in [0.25, 0.3) is 0 Å². The number of amides is 1. The van der Waals surface area contributed by atoms with E-state index in [9.17, 15) is 4.79 Å². The number of carbonyl (C=O) groups is 1. The minimum atomic E-state index is -0.439. The molecule has 0 atom stereocenters. The van der Waals surface area contributed by atoms with Gasteiger partial charge in [-0.3, -0.25) is 4.79 Å². The van der Waals surface area contributed by atoms with Gasteiger partial charge in [-0.15, -0.1) is 12.6 Å². The van der Waals surface area contributed by atoms with Crippen molar-refractivity contribution in [3.8, 4) is 0 Å². The van der Waals surface area contributed by atoms with Gasteiger partial charge in [0.05, 0.1) is 5.56 Å². The summed E-state index contributed by atoms with van der Waals surface area (Å²) in [4.78, 5) is 11.2. The molecular formula is C7H7NOSZn. The van der Waals surface area contributed by atoms with E-state index in [1.807, 2.05) is 0 Å². The molecule has 0 aromatic heterocycles. The Kier molecular flexibility index (Phi) is 4.38. The molecule has 11 heavy (non-hydrogen) atoms. The van der Waals surface area contributed by atoms with E-state index in [4.69, 9.17) is 5.73 Å². The molecule has 0 bridgehead atoms. The number of hydrogen-bond acceptors (Lipinski definition) is 2. The van der Waals surface area contributed by atoms with Gasteiger partial charge in [-0.05, 0) is 12.1 Å². The van der Waals surface area contributed by atoms with Crippen LogP contribution < -0.4 is 5.73 Å². The summed E-state index contributed by atoms with van der Waals surface area (Å²) in [6, 6.07) is 6.92. The molecule has 0 unspecified atom stereocenters. The molecule has 54 valence electrons. The maximum absolute atomic E-state index is 10.6. The van der Waals surface area contributed by atoms with Crippen molar-refractivity contribution < 1.29 is 24.3 Å². The van der Waals surface area contributed by atoms with Crippen molar-refractivity contribution in [1.29, 1.82) is 0 Å². The molecule has 1 rings (SSSR count). The van der Waals surface area contributed by atoms with Gasteiger partial charge < -0.3 is 5.73 Å². The summed E-state index contributed by atoms with van der Waals surface area (Å²) in [5.74, 6) is -0.439. The average Bonchev–Trinajstić information content (AvgIpc) is 1.88. The fraction of sp³-hybridized carbons (Fsp3) is 0. The Morgan fingerprint density at radius 1 is 1.36 bits per heavy atom. The van der Waals surface area contributed by atoms with Crippen LogP contribution >= 0.6 is 12.6 Å². The topological polar surface area (TPSA) is 43.1 Å². The van der Waals surface area contributed by atoms with Crippen molar-refractivity contribution >= 4 is 18.5 Å². The number of benzene rings is 1. The van der Waals surface area contributed by atoms with Crippen molar-refractivity contribution in [1.82, 2.24) is 0 Å². The van der Waals surface area contributed by atoms with Gasteiger partial charge in [0, 0.05) is 24.4 Å². The first kappa shape index (κ1) is 10.7. The van der Waals surface area contributed by atoms with E-state index in [-0.39, 0.29) is 19.5 Å². The van der Waals surface area contributed by atoms with Gasteiger partial charge in [0.2, 0.25) is 5.91 Å². The molecule has 0 spiro atoms. The van der Waals surface area contributed by atoms with Gasteiger partial charge in [0.1, 0.15) is 0 Å². The Labute approximate surface area is 83.3 Å². The molecule has 0 fully saturated rings. The van der Waals surface area contributed by atoms with Crippen LogP contribution in [0.2, 0.25) is 0 Å². The number of carbonyl (C=O) groups excluding carboxylic acids is 1. The SMILES string of the molecule is NC(=O)c1ccccc1S.[Zn]. The van der Waals surface area contributed by atoms with Gasteiger partial charge >= 0.3 is 0 Å². The fourth-order valence-corrected chi connectivity index (χ4v) is 0.953. The summed E-state index contributed by atoms with van der Waals surface area (Å²) in [7, 11) is 0. The zero-order chi connectivity index (χ0) is 7.56. The van der Waals surface area contributed by atoms with Gasteiger partial charge in [0.15, 0.2) is 0 Å². The second-order valence-corrected chi connectivity index (χ2v) is 2.36. The van der Waals surface area contributed by atoms with Crippen LogP contribution in [0.4, 0.5) is 0 Å². The maximum atomic E-state index is 10.6. The molecule has 4 heteroatoms. The standard InChI is InChI=1S/C7H7NOS.Zn/c8-7(9)5-3-1-2-4-6(5)10;/h1-4,10H,(H2,8,9);. The van der Waals surface area contributed by atoms with E-state index in [0.29, 0.717) is 10.5 Å². The summed E-state index contributed by atoms with van der Waals surface area (Å²) in [5.41, 5.74) is 5.49. The number of hydrogen-bond donors (Lipinski definition) is 2. The van der Waals surface area contributed by atoms with Crippen LogP contribution in [0.15, 0.2) is 29.2 Å². The van der Waals surface area contributed by atoms with Crippen LogP contribution in [0, 0.1) is 0 Å². The fourth-order valence-electron chi connectivity index (χ4n) is 0.682. The first-order valence-corrected chi connectivity index (χ1v) is 3.24. The molecule has 0 saturated carbocycles. The van der Waals surface area contributed by atoms with Crippen molar-refractivity contribution in [2.75, 3.05) is 0 Å². The number of thiol groups is 1. The van der Waals surface area contributed by atoms with Gasteiger partial charge in [0.25, 0.3) is 0 Å². The Bertz CT molecular complexity index is 264. The van der Waals surface area contributed by atoms with Crippen molar-refractivity contribution in [2.24, 2.45) is 5.73 Å². The van der Waals surface area contributed by atoms with Crippen LogP contribution in [0.5, 0.6) is 0 Å². The third kappa shape index (κ3) is 2.64. The van der Waals surface area contributed by atoms with Crippen LogP contribution in [-0.4, -0.2) is 5.91 Å². The Morgan fingerprint density at radius 2 is 1.91 bits per heavy atom. The van der Waals surface area contributed by atoms with Crippen molar-refractivity contribution in [3.05, 3.63) is 29.8 Å². The Balaban J connectivity index is 0.000001000. The van der Waals surface area contributed by atoms with Gasteiger partial charge in [-0.25, -0.2) is 0 Å². The normalized spacial score (nSPS) is 8.45. The molecule has 0 heterocycles. The number of rotatable bonds is 1. The van der Waals surface area contributed by atoms with Gasteiger partial charge in [-0.2, -0.15) is 0 Å². The van der Waals surface area contributed by atoms with Crippen LogP contribution in [0.3, 0.4) is 0 Å². The first-order chi connectivity index (χ1) is 4.72. The van der Waals surface area contributed by atoms with Crippen LogP contribution in [-0.2, 0) is 19.5 Å². The largest absolute Gasteiger partial charge is 0.366 e. The zero-order valence-electron chi connectivity index (χ0n) is 5.95. The number of primary amides is 1. The quantitative estimate of drug-likeness (QED) is 0.538. The second kappa shape index (κ2) is 4.52. The molecule has 0 aliphatic carbocycles. The van der Waals surface area contributed by atoms with E-state index in [1.165, 1.54) is 0 Å². The van der Waals surface area contributed by atoms with Crippen LogP contribution in [0.1, 0.15) is 10.4 Å². The maximum Gasteiger partial charge on any atom is 0.249 e. The Hall–Kier alpha value is -0.337. The monoisotopic (exact) mass is 217 g/mol. The second-order valence-electron chi connectivity index (χ2n) is 1.88. The molecule has 1 aromatic carbocycles. The molecule has 0 aliphatic rings. The van der Waals surface area contributed by atoms with Gasteiger partial charge in [-0.1, -0.05) is 12.1 Å². The third-order valence-corrected chi connectivity index (χ3v) is 1.56. The first-order valence-electron chi connectivity index (χ1n) is 2.79. The van der Waals surface area contributed by atoms with E-state index < -0.39 is 5.91 Å². The third-order valence-electron chi connectivity index (χ3n) is 1.17. The predicted octanol–water partition coefficient (Wildman–Crippen LogP) is 1.07. The minimum absolute atomic E-state index is 0. The minimum Gasteiger partial charge on any atom is -0.366 e. The Morgan fingerprint density at radius 3 is 2.27 bits per heavy atom. The summed E-state index contributed by atoms with van der Waals surface area (Å²) >= 11 is 4.04. The summed E-state index contributed by atoms with van der Waals surface area (Å²) in [6.07, 6.45) is 0.